The number of likely N-dealkylation sites (tertiary alicyclic amines) is 1. The Kier molecular flexibility index (Phi) is 6.44. The number of nitrogens with zero attached hydrogens (tertiary/aromatic N) is 1. The quantitative estimate of drug-likeness (QED) is 0.689. The van der Waals surface area contributed by atoms with Crippen LogP contribution in [0.1, 0.15) is 49.7 Å². The Morgan fingerprint density at radius 2 is 1.72 bits per heavy atom. The molecule has 1 fully saturated rings. The maximum atomic E-state index is 12.8. The number of nitrogens with one attached hydrogen (secondary N) is 1. The van der Waals surface area contributed by atoms with Crippen molar-refractivity contribution < 1.29 is 24.2 Å². The summed E-state index contributed by atoms with van der Waals surface area (Å²) in [6, 6.07) is 15.4. The third kappa shape index (κ3) is 4.47. The van der Waals surface area contributed by atoms with Crippen LogP contribution in [0.3, 0.4) is 0 Å². The maximum Gasteiger partial charge on any atom is 0.407 e. The van der Waals surface area contributed by atoms with Gasteiger partial charge in [-0.15, -0.1) is 0 Å². The lowest BCUT2D eigenvalue weighted by Crippen LogP contribution is -2.48. The van der Waals surface area contributed by atoms with E-state index in [9.17, 15) is 14.4 Å². The van der Waals surface area contributed by atoms with Gasteiger partial charge in [0, 0.05) is 24.9 Å². The third-order valence-electron chi connectivity index (χ3n) is 6.40. The van der Waals surface area contributed by atoms with E-state index in [0.717, 1.165) is 35.1 Å². The van der Waals surface area contributed by atoms with Crippen molar-refractivity contribution in [3.8, 4) is 11.1 Å². The molecule has 0 saturated carbocycles. The second-order valence-corrected chi connectivity index (χ2v) is 8.45. The van der Waals surface area contributed by atoms with Crippen LogP contribution in [0.25, 0.3) is 11.1 Å². The van der Waals surface area contributed by atoms with Crippen molar-refractivity contribution in [2.24, 2.45) is 0 Å². The molecule has 2 aromatic rings. The number of carbonyl (C=O) groups excluding carboxylic acids is 2. The molecular formula is C25H28N2O5. The summed E-state index contributed by atoms with van der Waals surface area (Å²) in [6.45, 7) is 2.40. The van der Waals surface area contributed by atoms with Gasteiger partial charge < -0.3 is 20.1 Å². The van der Waals surface area contributed by atoms with Gasteiger partial charge in [-0.2, -0.15) is 0 Å². The molecule has 1 aliphatic carbocycles. The van der Waals surface area contributed by atoms with E-state index in [2.05, 4.69) is 29.6 Å². The van der Waals surface area contributed by atoms with E-state index in [-0.39, 0.29) is 30.9 Å². The molecule has 0 spiro atoms. The Balaban J connectivity index is 1.34. The number of benzene rings is 2. The highest BCUT2D eigenvalue weighted by atomic mass is 16.5. The molecule has 2 aromatic carbocycles. The number of hydrogen-bond donors (Lipinski definition) is 2. The summed E-state index contributed by atoms with van der Waals surface area (Å²) in [5.74, 6) is -1.11. The molecule has 0 radical (unpaired) electrons. The minimum Gasteiger partial charge on any atom is -0.481 e. The predicted molar refractivity (Wildman–Crippen MR) is 119 cm³/mol. The normalized spacial score (nSPS) is 18.0. The van der Waals surface area contributed by atoms with Gasteiger partial charge in [-0.1, -0.05) is 48.5 Å². The summed E-state index contributed by atoms with van der Waals surface area (Å²) in [5.41, 5.74) is 4.57. The lowest BCUT2D eigenvalue weighted by Gasteiger charge is -2.27. The molecule has 168 valence electrons. The zero-order chi connectivity index (χ0) is 22.7. The van der Waals surface area contributed by atoms with Gasteiger partial charge in [0.1, 0.15) is 12.6 Å². The Bertz CT molecular complexity index is 975. The topological polar surface area (TPSA) is 95.9 Å². The van der Waals surface area contributed by atoms with Crippen molar-refractivity contribution in [1.29, 1.82) is 0 Å². The number of hydrogen-bond acceptors (Lipinski definition) is 4. The van der Waals surface area contributed by atoms with Gasteiger partial charge >= 0.3 is 12.1 Å². The average Bonchev–Trinajstić information content (AvgIpc) is 3.38. The lowest BCUT2D eigenvalue weighted by molar-refractivity contribution is -0.139. The monoisotopic (exact) mass is 436 g/mol. The lowest BCUT2D eigenvalue weighted by atomic mass is 9.98. The van der Waals surface area contributed by atoms with Crippen LogP contribution in [0, 0.1) is 0 Å². The van der Waals surface area contributed by atoms with Gasteiger partial charge in [-0.05, 0) is 48.4 Å². The van der Waals surface area contributed by atoms with Crippen LogP contribution >= 0.6 is 0 Å². The van der Waals surface area contributed by atoms with Gasteiger partial charge in [0.2, 0.25) is 5.91 Å². The molecule has 2 aliphatic rings. The van der Waals surface area contributed by atoms with Gasteiger partial charge in [-0.3, -0.25) is 9.59 Å². The summed E-state index contributed by atoms with van der Waals surface area (Å²) >= 11 is 0. The summed E-state index contributed by atoms with van der Waals surface area (Å²) in [7, 11) is 0. The van der Waals surface area contributed by atoms with Crippen molar-refractivity contribution in [3.05, 3.63) is 59.7 Å². The second-order valence-electron chi connectivity index (χ2n) is 8.45. The third-order valence-corrected chi connectivity index (χ3v) is 6.40. The van der Waals surface area contributed by atoms with Crippen LogP contribution in [-0.4, -0.2) is 53.2 Å². The number of aliphatic carboxylic acids is 1. The van der Waals surface area contributed by atoms with Gasteiger partial charge in [-0.25, -0.2) is 4.79 Å². The highest BCUT2D eigenvalue weighted by Gasteiger charge is 2.33. The highest BCUT2D eigenvalue weighted by Crippen LogP contribution is 2.44. The molecule has 0 bridgehead atoms. The van der Waals surface area contributed by atoms with Crippen LogP contribution in [-0.2, 0) is 14.3 Å². The molecule has 2 amide bonds. The van der Waals surface area contributed by atoms with Crippen molar-refractivity contribution in [2.45, 2.75) is 50.6 Å². The zero-order valence-corrected chi connectivity index (χ0v) is 18.1. The number of rotatable bonds is 7. The van der Waals surface area contributed by atoms with Crippen molar-refractivity contribution in [3.63, 3.8) is 0 Å². The number of carboxylic acids is 1. The predicted octanol–water partition coefficient (Wildman–Crippen LogP) is 3.77. The fourth-order valence-corrected chi connectivity index (χ4v) is 4.84. The van der Waals surface area contributed by atoms with Gasteiger partial charge in [0.25, 0.3) is 0 Å². The van der Waals surface area contributed by atoms with Crippen LogP contribution in [0.15, 0.2) is 48.5 Å². The molecule has 4 rings (SSSR count). The number of carboxylic acid groups (broad SMARTS) is 1. The number of alkyl carbamates (subject to hydrolysis) is 1. The van der Waals surface area contributed by atoms with Crippen molar-refractivity contribution in [2.75, 3.05) is 13.2 Å². The Labute approximate surface area is 187 Å². The smallest absolute Gasteiger partial charge is 0.407 e. The maximum absolute atomic E-state index is 12.8. The molecule has 1 unspecified atom stereocenters. The first-order chi connectivity index (χ1) is 15.5. The van der Waals surface area contributed by atoms with Crippen molar-refractivity contribution >= 4 is 18.0 Å². The molecule has 0 aromatic heterocycles. The Morgan fingerprint density at radius 3 is 2.34 bits per heavy atom. The Hall–Kier alpha value is -3.35. The van der Waals surface area contributed by atoms with Crippen LogP contribution < -0.4 is 5.32 Å². The van der Waals surface area contributed by atoms with Crippen LogP contribution in [0.4, 0.5) is 4.79 Å². The first-order valence-electron chi connectivity index (χ1n) is 11.1. The van der Waals surface area contributed by atoms with E-state index >= 15 is 0 Å². The number of fused-ring (bicyclic) bond motifs is 3. The second kappa shape index (κ2) is 9.42. The molecule has 7 nitrogen and oxygen atoms in total. The van der Waals surface area contributed by atoms with E-state index in [1.54, 1.807) is 11.8 Å². The standard InChI is InChI=1S/C25H28N2O5/c1-16(24(30)27-14-6-7-17(27)12-13-23(28)29)26-25(31)32-15-22-20-10-4-2-8-18(20)19-9-3-5-11-21(19)22/h2-5,8-11,16-17,22H,6-7,12-15H2,1H3,(H,26,31)(H,28,29)/t16-,17?/m0/s1. The molecular weight excluding hydrogens is 408 g/mol. The first kappa shape index (κ1) is 21.9. The highest BCUT2D eigenvalue weighted by molar-refractivity contribution is 5.86. The zero-order valence-electron chi connectivity index (χ0n) is 18.1. The fraction of sp³-hybridized carbons (Fsp3) is 0.400. The average molecular weight is 437 g/mol. The summed E-state index contributed by atoms with van der Waals surface area (Å²) in [5, 5.41) is 11.6. The molecule has 2 N–H and O–H groups in total. The van der Waals surface area contributed by atoms with Crippen LogP contribution in [0.2, 0.25) is 0 Å². The molecule has 2 atom stereocenters. The molecule has 7 heteroatoms. The number of amides is 2. The molecule has 32 heavy (non-hydrogen) atoms. The molecule has 1 saturated heterocycles. The minimum absolute atomic E-state index is 0.0304. The summed E-state index contributed by atoms with van der Waals surface area (Å²) < 4.78 is 5.53. The summed E-state index contributed by atoms with van der Waals surface area (Å²) in [4.78, 5) is 37.9. The molecule has 1 aliphatic heterocycles. The van der Waals surface area contributed by atoms with E-state index in [4.69, 9.17) is 9.84 Å². The van der Waals surface area contributed by atoms with Gasteiger partial charge in [0.05, 0.1) is 0 Å². The van der Waals surface area contributed by atoms with Gasteiger partial charge in [0.15, 0.2) is 0 Å². The van der Waals surface area contributed by atoms with E-state index in [1.165, 1.54) is 0 Å². The van der Waals surface area contributed by atoms with E-state index < -0.39 is 18.1 Å². The van der Waals surface area contributed by atoms with E-state index in [1.807, 2.05) is 24.3 Å². The molecule has 1 heterocycles. The van der Waals surface area contributed by atoms with Crippen molar-refractivity contribution in [1.82, 2.24) is 10.2 Å². The Morgan fingerprint density at radius 1 is 1.09 bits per heavy atom. The summed E-state index contributed by atoms with van der Waals surface area (Å²) in [6.07, 6.45) is 1.46. The minimum atomic E-state index is -0.867. The number of carbonyl (C=O) groups is 3. The SMILES string of the molecule is C[C@H](NC(=O)OCC1c2ccccc2-c2ccccc21)C(=O)N1CCCC1CCC(=O)O. The first-order valence-corrected chi connectivity index (χ1v) is 11.1. The largest absolute Gasteiger partial charge is 0.481 e. The van der Waals surface area contributed by atoms with E-state index in [0.29, 0.717) is 13.0 Å². The fourth-order valence-electron chi connectivity index (χ4n) is 4.84. The van der Waals surface area contributed by atoms with Crippen LogP contribution in [0.5, 0.6) is 0 Å². The number of ether oxygens (including phenoxy) is 1.